The van der Waals surface area contributed by atoms with Gasteiger partial charge in [0, 0.05) is 6.07 Å². The molecule has 10 heteroatoms. The molecule has 3 aromatic rings. The molecule has 1 aromatic heterocycles. The van der Waals surface area contributed by atoms with Gasteiger partial charge in [0.1, 0.15) is 0 Å². The van der Waals surface area contributed by atoms with Crippen molar-refractivity contribution in [2.45, 2.75) is 6.92 Å². The quantitative estimate of drug-likeness (QED) is 0.574. The Morgan fingerprint density at radius 2 is 1.70 bits per heavy atom. The van der Waals surface area contributed by atoms with Gasteiger partial charge < -0.3 is 23.9 Å². The second-order valence-electron chi connectivity index (χ2n) is 6.01. The molecule has 1 N–H and O–H groups in total. The van der Waals surface area contributed by atoms with Gasteiger partial charge in [0.15, 0.2) is 23.0 Å². The van der Waals surface area contributed by atoms with Crippen LogP contribution in [0.5, 0.6) is 23.0 Å². The van der Waals surface area contributed by atoms with Gasteiger partial charge in [0.25, 0.3) is 5.56 Å². The number of nitrogens with one attached hydrogen (secondary N) is 1. The van der Waals surface area contributed by atoms with Gasteiger partial charge in [-0.15, -0.1) is 4.68 Å². The summed E-state index contributed by atoms with van der Waals surface area (Å²) in [5.74, 6) is 1.55. The molecule has 0 unspecified atom stereocenters. The van der Waals surface area contributed by atoms with E-state index in [0.29, 0.717) is 50.4 Å². The van der Waals surface area contributed by atoms with Gasteiger partial charge in [-0.1, -0.05) is 11.6 Å². The molecule has 0 spiro atoms. The topological polar surface area (TPSA) is 104 Å². The number of rotatable bonds is 7. The molecule has 0 bridgehead atoms. The number of H-pyrrole nitrogens is 1. The fraction of sp³-hybridized carbons (Fsp3) is 0.250. The minimum Gasteiger partial charge on any atom is -0.493 e. The van der Waals surface area contributed by atoms with E-state index in [1.807, 2.05) is 6.92 Å². The zero-order valence-corrected chi connectivity index (χ0v) is 17.6. The van der Waals surface area contributed by atoms with E-state index >= 15 is 0 Å². The van der Waals surface area contributed by atoms with Crippen LogP contribution >= 0.6 is 11.6 Å². The zero-order valence-electron chi connectivity index (χ0n) is 16.8. The first-order valence-corrected chi connectivity index (χ1v) is 9.27. The van der Waals surface area contributed by atoms with Crippen LogP contribution in [0.2, 0.25) is 5.02 Å². The SMILES string of the molecule is CCOc1c(Cl)cc(/C=N\n2c(=O)[nH]c3cc(OC)c(OC)cc3c2=O)cc1OC. The molecule has 0 fully saturated rings. The van der Waals surface area contributed by atoms with Crippen molar-refractivity contribution in [1.82, 2.24) is 9.66 Å². The number of ether oxygens (including phenoxy) is 4. The van der Waals surface area contributed by atoms with Crippen molar-refractivity contribution in [3.05, 3.63) is 55.7 Å². The first kappa shape index (κ1) is 21.3. The van der Waals surface area contributed by atoms with Crippen LogP contribution in [-0.4, -0.2) is 43.8 Å². The third-order valence-corrected chi connectivity index (χ3v) is 4.52. The predicted octanol–water partition coefficient (Wildman–Crippen LogP) is 2.65. The van der Waals surface area contributed by atoms with E-state index in [9.17, 15) is 9.59 Å². The first-order valence-electron chi connectivity index (χ1n) is 8.89. The minimum atomic E-state index is -0.708. The molecule has 0 radical (unpaired) electrons. The lowest BCUT2D eigenvalue weighted by Gasteiger charge is -2.11. The maximum atomic E-state index is 12.8. The number of aromatic nitrogens is 2. The van der Waals surface area contributed by atoms with Crippen molar-refractivity contribution in [1.29, 1.82) is 0 Å². The molecule has 0 saturated carbocycles. The Kier molecular flexibility index (Phi) is 6.31. The summed E-state index contributed by atoms with van der Waals surface area (Å²) in [6.45, 7) is 2.24. The molecule has 3 rings (SSSR count). The second kappa shape index (κ2) is 8.91. The Hall–Kier alpha value is -3.46. The summed E-state index contributed by atoms with van der Waals surface area (Å²) in [7, 11) is 4.40. The third-order valence-electron chi connectivity index (χ3n) is 4.24. The van der Waals surface area contributed by atoms with Gasteiger partial charge in [-0.3, -0.25) is 4.79 Å². The summed E-state index contributed by atoms with van der Waals surface area (Å²) in [6.07, 6.45) is 1.33. The molecule has 1 heterocycles. The second-order valence-corrected chi connectivity index (χ2v) is 6.42. The molecule has 30 heavy (non-hydrogen) atoms. The van der Waals surface area contributed by atoms with Crippen LogP contribution in [0.15, 0.2) is 39.0 Å². The van der Waals surface area contributed by atoms with Gasteiger partial charge in [-0.05, 0) is 30.7 Å². The summed E-state index contributed by atoms with van der Waals surface area (Å²) in [6, 6.07) is 6.22. The number of nitrogens with zero attached hydrogens (tertiary/aromatic N) is 2. The minimum absolute atomic E-state index is 0.215. The van der Waals surface area contributed by atoms with Crippen molar-refractivity contribution < 1.29 is 18.9 Å². The molecule has 9 nitrogen and oxygen atoms in total. The maximum absolute atomic E-state index is 12.8. The Morgan fingerprint density at radius 3 is 2.33 bits per heavy atom. The molecule has 0 saturated heterocycles. The monoisotopic (exact) mass is 433 g/mol. The van der Waals surface area contributed by atoms with Crippen molar-refractivity contribution in [3.8, 4) is 23.0 Å². The van der Waals surface area contributed by atoms with Gasteiger partial charge in [0.2, 0.25) is 0 Å². The van der Waals surface area contributed by atoms with Crippen LogP contribution in [0.1, 0.15) is 12.5 Å². The van der Waals surface area contributed by atoms with Crippen molar-refractivity contribution >= 4 is 28.7 Å². The molecule has 0 aliphatic rings. The highest BCUT2D eigenvalue weighted by molar-refractivity contribution is 6.32. The van der Waals surface area contributed by atoms with Crippen molar-refractivity contribution in [3.63, 3.8) is 0 Å². The molecule has 0 amide bonds. The van der Waals surface area contributed by atoms with Crippen molar-refractivity contribution in [2.24, 2.45) is 5.10 Å². The molecule has 0 aliphatic heterocycles. The zero-order chi connectivity index (χ0) is 21.8. The van der Waals surface area contributed by atoms with E-state index in [1.165, 1.54) is 39.7 Å². The summed E-state index contributed by atoms with van der Waals surface area (Å²) in [4.78, 5) is 27.8. The Balaban J connectivity index is 2.10. The van der Waals surface area contributed by atoms with Gasteiger partial charge >= 0.3 is 5.69 Å². The first-order chi connectivity index (χ1) is 14.4. The van der Waals surface area contributed by atoms with Crippen LogP contribution in [-0.2, 0) is 0 Å². The lowest BCUT2D eigenvalue weighted by atomic mass is 10.2. The van der Waals surface area contributed by atoms with E-state index in [-0.39, 0.29) is 5.39 Å². The lowest BCUT2D eigenvalue weighted by Crippen LogP contribution is -2.32. The molecule has 2 aromatic carbocycles. The number of hydrogen-bond donors (Lipinski definition) is 1. The lowest BCUT2D eigenvalue weighted by molar-refractivity contribution is 0.311. The predicted molar refractivity (Wildman–Crippen MR) is 114 cm³/mol. The number of methoxy groups -OCH3 is 3. The highest BCUT2D eigenvalue weighted by atomic mass is 35.5. The largest absolute Gasteiger partial charge is 0.493 e. The number of benzene rings is 2. The average molecular weight is 434 g/mol. The number of aromatic amines is 1. The Bertz CT molecular complexity index is 1230. The molecule has 0 atom stereocenters. The highest BCUT2D eigenvalue weighted by Gasteiger charge is 2.13. The summed E-state index contributed by atoms with van der Waals surface area (Å²) < 4.78 is 21.9. The number of hydrogen-bond acceptors (Lipinski definition) is 7. The molecule has 0 aliphatic carbocycles. The standard InChI is InChI=1S/C20H20ClN3O6/c1-5-30-18-13(21)6-11(7-17(18)29-4)10-22-24-19(25)12-8-15(27-2)16(28-3)9-14(12)23-20(24)26/h6-10H,5H2,1-4H3,(H,23,26)/b22-10-. The van der Waals surface area contributed by atoms with E-state index in [1.54, 1.807) is 12.1 Å². The van der Waals surface area contributed by atoms with E-state index in [0.717, 1.165) is 0 Å². The summed E-state index contributed by atoms with van der Waals surface area (Å²) in [5, 5.41) is 4.55. The summed E-state index contributed by atoms with van der Waals surface area (Å²) >= 11 is 6.25. The molecular weight excluding hydrogens is 414 g/mol. The van der Waals surface area contributed by atoms with E-state index in [2.05, 4.69) is 10.1 Å². The fourth-order valence-electron chi connectivity index (χ4n) is 2.86. The van der Waals surface area contributed by atoms with Gasteiger partial charge in [0.05, 0.1) is 50.1 Å². The van der Waals surface area contributed by atoms with Crippen LogP contribution < -0.4 is 30.2 Å². The van der Waals surface area contributed by atoms with Gasteiger partial charge in [-0.2, -0.15) is 5.10 Å². The maximum Gasteiger partial charge on any atom is 0.349 e. The highest BCUT2D eigenvalue weighted by Crippen LogP contribution is 2.36. The smallest absolute Gasteiger partial charge is 0.349 e. The normalized spacial score (nSPS) is 11.1. The Morgan fingerprint density at radius 1 is 1.03 bits per heavy atom. The molecule has 158 valence electrons. The summed E-state index contributed by atoms with van der Waals surface area (Å²) in [5.41, 5.74) is -0.506. The molecular formula is C20H20ClN3O6. The third kappa shape index (κ3) is 3.97. The number of halogens is 1. The van der Waals surface area contributed by atoms with Crippen LogP contribution in [0, 0.1) is 0 Å². The van der Waals surface area contributed by atoms with Gasteiger partial charge in [-0.25, -0.2) is 4.79 Å². The van der Waals surface area contributed by atoms with Crippen molar-refractivity contribution in [2.75, 3.05) is 27.9 Å². The Labute approximate surface area is 176 Å². The fourth-order valence-corrected chi connectivity index (χ4v) is 3.14. The van der Waals surface area contributed by atoms with E-state index < -0.39 is 11.2 Å². The van der Waals surface area contributed by atoms with E-state index in [4.69, 9.17) is 30.5 Å². The number of fused-ring (bicyclic) bond motifs is 1. The van der Waals surface area contributed by atoms with Crippen LogP contribution in [0.25, 0.3) is 10.9 Å². The van der Waals surface area contributed by atoms with Crippen LogP contribution in [0.3, 0.4) is 0 Å². The average Bonchev–Trinajstić information content (AvgIpc) is 2.74. The van der Waals surface area contributed by atoms with Crippen LogP contribution in [0.4, 0.5) is 0 Å².